The average Bonchev–Trinajstić information content (AvgIpc) is 3.45. The van der Waals surface area contributed by atoms with Crippen LogP contribution in [0.25, 0.3) is 33.7 Å². The number of aromatic nitrogens is 1. The zero-order valence-electron chi connectivity index (χ0n) is 24.9. The molecule has 0 saturated carbocycles. The van der Waals surface area contributed by atoms with Crippen LogP contribution in [0.5, 0.6) is 0 Å². The zero-order valence-corrected chi connectivity index (χ0v) is 24.9. The highest BCUT2D eigenvalue weighted by Gasteiger charge is 2.23. The molecule has 1 atom stereocenters. The number of nitriles is 1. The fourth-order valence-corrected chi connectivity index (χ4v) is 5.14. The lowest BCUT2D eigenvalue weighted by molar-refractivity contribution is -0.142. The predicted octanol–water partition coefficient (Wildman–Crippen LogP) is 7.29. The highest BCUT2D eigenvalue weighted by molar-refractivity contribution is 5.97. The third-order valence-electron chi connectivity index (χ3n) is 7.76. The number of fused-ring (bicyclic) bond motifs is 1. The number of carbonyl (C=O) groups is 2. The van der Waals surface area contributed by atoms with Crippen molar-refractivity contribution in [1.29, 1.82) is 5.26 Å². The highest BCUT2D eigenvalue weighted by Crippen LogP contribution is 2.31. The van der Waals surface area contributed by atoms with E-state index in [4.69, 9.17) is 9.15 Å². The summed E-state index contributed by atoms with van der Waals surface area (Å²) in [6.45, 7) is 8.27. The van der Waals surface area contributed by atoms with Gasteiger partial charge in [-0.2, -0.15) is 5.26 Å². The molecule has 0 aliphatic carbocycles. The minimum Gasteiger partial charge on any atom is -0.467 e. The van der Waals surface area contributed by atoms with Crippen LogP contribution in [0.4, 0.5) is 0 Å². The molecule has 0 fully saturated rings. The number of nitrogens with zero attached hydrogens (tertiary/aromatic N) is 2. The molecule has 5 aromatic rings. The maximum absolute atomic E-state index is 13.2. The van der Waals surface area contributed by atoms with E-state index < -0.39 is 17.9 Å². The molecule has 7 heteroatoms. The maximum Gasteiger partial charge on any atom is 0.328 e. The van der Waals surface area contributed by atoms with Gasteiger partial charge >= 0.3 is 5.97 Å². The topological polar surface area (TPSA) is 105 Å². The summed E-state index contributed by atoms with van der Waals surface area (Å²) >= 11 is 0. The molecule has 0 bridgehead atoms. The number of hydrogen-bond acceptors (Lipinski definition) is 6. The summed E-state index contributed by atoms with van der Waals surface area (Å²) in [5, 5.41) is 12.2. The Hall–Kier alpha value is -5.22. The Morgan fingerprint density at radius 1 is 0.977 bits per heavy atom. The van der Waals surface area contributed by atoms with Crippen LogP contribution >= 0.6 is 0 Å². The maximum atomic E-state index is 13.2. The number of hydrogen-bond donors (Lipinski definition) is 1. The minimum absolute atomic E-state index is 0.153. The first-order chi connectivity index (χ1) is 20.7. The Labute approximate surface area is 251 Å². The van der Waals surface area contributed by atoms with Crippen molar-refractivity contribution >= 4 is 23.0 Å². The number of carbonyl (C=O) groups excluding carboxylic acids is 2. The molecule has 1 aromatic heterocycles. The van der Waals surface area contributed by atoms with Crippen LogP contribution in [0.1, 0.15) is 57.9 Å². The van der Waals surface area contributed by atoms with Crippen molar-refractivity contribution in [3.63, 3.8) is 0 Å². The lowest BCUT2D eigenvalue weighted by Gasteiger charge is -2.17. The standard InChI is InChI=1S/C36H33N3O4/c1-21(2)30-17-25(20-37)19-31-33(30)43-35(39-31)28-15-13-27(14-16-28)34(40)38-32(36(41)42-5)18-24-9-11-26(12-10-24)29-8-6-7-22(3)23(29)4/h6-17,19,21,32H,18H2,1-5H3,(H,38,40)/t32-/m1/s1. The first-order valence-electron chi connectivity index (χ1n) is 14.2. The van der Waals surface area contributed by atoms with Crippen LogP contribution in [0.2, 0.25) is 0 Å². The number of ether oxygens (including phenoxy) is 1. The molecule has 0 spiro atoms. The molecule has 1 amide bonds. The number of methoxy groups -OCH3 is 1. The van der Waals surface area contributed by atoms with Crippen LogP contribution < -0.4 is 5.32 Å². The molecule has 0 aliphatic heterocycles. The first kappa shape index (κ1) is 29.3. The zero-order chi connectivity index (χ0) is 30.7. The van der Waals surface area contributed by atoms with Crippen molar-refractivity contribution in [3.8, 4) is 28.7 Å². The summed E-state index contributed by atoms with van der Waals surface area (Å²) in [5.41, 5.74) is 9.39. The van der Waals surface area contributed by atoms with Crippen molar-refractivity contribution in [2.24, 2.45) is 0 Å². The average molecular weight is 572 g/mol. The number of amides is 1. The molecule has 1 N–H and O–H groups in total. The molecule has 5 rings (SSSR count). The molecule has 0 radical (unpaired) electrons. The molecule has 4 aromatic carbocycles. The van der Waals surface area contributed by atoms with Gasteiger partial charge in [-0.25, -0.2) is 9.78 Å². The van der Waals surface area contributed by atoms with E-state index in [0.29, 0.717) is 33.7 Å². The third kappa shape index (κ3) is 6.19. The lowest BCUT2D eigenvalue weighted by Crippen LogP contribution is -2.43. The van der Waals surface area contributed by atoms with Gasteiger partial charge in [0.15, 0.2) is 5.58 Å². The SMILES string of the molecule is COC(=O)[C@@H](Cc1ccc(-c2cccc(C)c2C)cc1)NC(=O)c1ccc(-c2nc3cc(C#N)cc(C(C)C)c3o2)cc1. The van der Waals surface area contributed by atoms with Gasteiger partial charge in [0.2, 0.25) is 5.89 Å². The van der Waals surface area contributed by atoms with E-state index in [-0.39, 0.29) is 12.3 Å². The van der Waals surface area contributed by atoms with E-state index in [1.54, 1.807) is 30.3 Å². The van der Waals surface area contributed by atoms with E-state index >= 15 is 0 Å². The molecule has 0 aliphatic rings. The Kier molecular flexibility index (Phi) is 8.40. The van der Waals surface area contributed by atoms with Crippen molar-refractivity contribution < 1.29 is 18.7 Å². The molecule has 43 heavy (non-hydrogen) atoms. The minimum atomic E-state index is -0.857. The molecule has 1 heterocycles. The second kappa shape index (κ2) is 12.3. The number of esters is 1. The summed E-state index contributed by atoms with van der Waals surface area (Å²) in [4.78, 5) is 30.4. The van der Waals surface area contributed by atoms with Crippen LogP contribution in [-0.4, -0.2) is 30.0 Å². The van der Waals surface area contributed by atoms with E-state index in [1.807, 2.05) is 50.2 Å². The summed E-state index contributed by atoms with van der Waals surface area (Å²) in [6, 6.07) is 25.9. The lowest BCUT2D eigenvalue weighted by atomic mass is 9.95. The summed E-state index contributed by atoms with van der Waals surface area (Å²) in [5.74, 6) is -0.364. The molecule has 216 valence electrons. The number of nitrogens with one attached hydrogen (secondary N) is 1. The molecular formula is C36H33N3O4. The van der Waals surface area contributed by atoms with E-state index in [2.05, 4.69) is 42.4 Å². The summed E-state index contributed by atoms with van der Waals surface area (Å²) < 4.78 is 11.1. The molecular weight excluding hydrogens is 538 g/mol. The largest absolute Gasteiger partial charge is 0.467 e. The van der Waals surface area contributed by atoms with Gasteiger partial charge in [0.1, 0.15) is 11.6 Å². The van der Waals surface area contributed by atoms with Crippen molar-refractivity contribution in [3.05, 3.63) is 112 Å². The Morgan fingerprint density at radius 3 is 2.33 bits per heavy atom. The fraction of sp³-hybridized carbons (Fsp3) is 0.222. The van der Waals surface area contributed by atoms with E-state index in [9.17, 15) is 14.9 Å². The van der Waals surface area contributed by atoms with Crippen molar-refractivity contribution in [2.75, 3.05) is 7.11 Å². The van der Waals surface area contributed by atoms with Gasteiger partial charge in [-0.1, -0.05) is 56.3 Å². The summed E-state index contributed by atoms with van der Waals surface area (Å²) in [6.07, 6.45) is 0.287. The predicted molar refractivity (Wildman–Crippen MR) is 167 cm³/mol. The van der Waals surface area contributed by atoms with Gasteiger partial charge in [-0.05, 0) is 84.0 Å². The molecule has 0 saturated heterocycles. The van der Waals surface area contributed by atoms with Crippen LogP contribution in [-0.2, 0) is 16.0 Å². The monoisotopic (exact) mass is 571 g/mol. The third-order valence-corrected chi connectivity index (χ3v) is 7.76. The van der Waals surface area contributed by atoms with E-state index in [0.717, 1.165) is 22.3 Å². The second-order valence-electron chi connectivity index (χ2n) is 11.0. The number of oxazole rings is 1. The highest BCUT2D eigenvalue weighted by atomic mass is 16.5. The summed E-state index contributed by atoms with van der Waals surface area (Å²) in [7, 11) is 1.31. The Balaban J connectivity index is 1.32. The van der Waals surface area contributed by atoms with Crippen LogP contribution in [0, 0.1) is 25.2 Å². The Morgan fingerprint density at radius 2 is 1.67 bits per heavy atom. The van der Waals surface area contributed by atoms with Gasteiger partial charge in [-0.3, -0.25) is 4.79 Å². The van der Waals surface area contributed by atoms with Gasteiger partial charge < -0.3 is 14.5 Å². The van der Waals surface area contributed by atoms with Crippen molar-refractivity contribution in [2.45, 2.75) is 46.1 Å². The van der Waals surface area contributed by atoms with Crippen LogP contribution in [0.3, 0.4) is 0 Å². The van der Waals surface area contributed by atoms with Gasteiger partial charge in [0.05, 0.1) is 18.7 Å². The second-order valence-corrected chi connectivity index (χ2v) is 11.0. The quantitative estimate of drug-likeness (QED) is 0.196. The first-order valence-corrected chi connectivity index (χ1v) is 14.2. The molecule has 0 unspecified atom stereocenters. The van der Waals surface area contributed by atoms with Gasteiger partial charge in [-0.15, -0.1) is 0 Å². The van der Waals surface area contributed by atoms with E-state index in [1.165, 1.54) is 18.2 Å². The van der Waals surface area contributed by atoms with Crippen LogP contribution in [0.15, 0.2) is 83.3 Å². The van der Waals surface area contributed by atoms with Gasteiger partial charge in [0.25, 0.3) is 5.91 Å². The molecule has 7 nitrogen and oxygen atoms in total. The fourth-order valence-electron chi connectivity index (χ4n) is 5.14. The Bertz CT molecular complexity index is 1850. The number of benzene rings is 4. The number of aryl methyl sites for hydroxylation is 1. The smallest absolute Gasteiger partial charge is 0.328 e. The van der Waals surface area contributed by atoms with Crippen molar-refractivity contribution in [1.82, 2.24) is 10.3 Å². The number of rotatable bonds is 8. The van der Waals surface area contributed by atoms with Gasteiger partial charge in [0, 0.05) is 23.1 Å². The normalized spacial score (nSPS) is 11.7.